The molecular formula is C26H27NO4S. The van der Waals surface area contributed by atoms with E-state index in [1.807, 2.05) is 54.6 Å². The molecule has 0 bridgehead atoms. The van der Waals surface area contributed by atoms with Crippen molar-refractivity contribution in [1.29, 1.82) is 0 Å². The molecule has 166 valence electrons. The number of carbonyl (C=O) groups is 2. The van der Waals surface area contributed by atoms with Crippen molar-refractivity contribution in [3.8, 4) is 16.9 Å². The Kier molecular flexibility index (Phi) is 6.90. The van der Waals surface area contributed by atoms with Crippen molar-refractivity contribution in [2.45, 2.75) is 33.1 Å². The van der Waals surface area contributed by atoms with E-state index in [1.165, 1.54) is 16.2 Å². The molecule has 1 heterocycles. The van der Waals surface area contributed by atoms with Crippen molar-refractivity contribution in [2.24, 2.45) is 5.92 Å². The average molecular weight is 450 g/mol. The normalized spacial score (nSPS) is 15.0. The molecule has 0 aliphatic heterocycles. The largest absolute Gasteiger partial charge is 0.484 e. The Balaban J connectivity index is 1.42. The number of nitrogens with one attached hydrogen (secondary N) is 1. The van der Waals surface area contributed by atoms with E-state index in [9.17, 15) is 9.59 Å². The Bertz CT molecular complexity index is 1090. The van der Waals surface area contributed by atoms with Crippen molar-refractivity contribution in [3.63, 3.8) is 0 Å². The Morgan fingerprint density at radius 2 is 1.78 bits per heavy atom. The monoisotopic (exact) mass is 449 g/mol. The maximum absolute atomic E-state index is 12.6. The minimum atomic E-state index is -0.368. The van der Waals surface area contributed by atoms with Gasteiger partial charge in [-0.25, -0.2) is 4.79 Å². The van der Waals surface area contributed by atoms with Crippen molar-refractivity contribution in [2.75, 3.05) is 18.5 Å². The lowest BCUT2D eigenvalue weighted by atomic mass is 9.88. The fourth-order valence-corrected chi connectivity index (χ4v) is 5.36. The van der Waals surface area contributed by atoms with Gasteiger partial charge in [0, 0.05) is 4.88 Å². The van der Waals surface area contributed by atoms with Gasteiger partial charge in [-0.15, -0.1) is 11.3 Å². The maximum Gasteiger partial charge on any atom is 0.341 e. The summed E-state index contributed by atoms with van der Waals surface area (Å²) in [5.74, 6) is 0.522. The standard InChI is InChI=1S/C26H27NO4S/c1-3-30-26(29)24-21-14-9-17(2)15-22(21)32-25(24)27-23(28)16-31-20-12-10-19(11-13-20)18-7-5-4-6-8-18/h4-8,10-13,17H,3,9,14-16H2,1-2H3,(H,27,28). The molecule has 0 fully saturated rings. The van der Waals surface area contributed by atoms with Crippen LogP contribution in [0.25, 0.3) is 11.1 Å². The zero-order valence-electron chi connectivity index (χ0n) is 18.4. The van der Waals surface area contributed by atoms with Crippen LogP contribution >= 0.6 is 11.3 Å². The first kappa shape index (κ1) is 22.1. The van der Waals surface area contributed by atoms with Crippen LogP contribution in [-0.2, 0) is 22.4 Å². The molecule has 1 aliphatic carbocycles. The van der Waals surface area contributed by atoms with Gasteiger partial charge in [0.2, 0.25) is 0 Å². The number of rotatable bonds is 7. The highest BCUT2D eigenvalue weighted by molar-refractivity contribution is 7.17. The van der Waals surface area contributed by atoms with Crippen LogP contribution in [0.15, 0.2) is 54.6 Å². The molecule has 1 aliphatic rings. The van der Waals surface area contributed by atoms with Crippen molar-refractivity contribution < 1.29 is 19.1 Å². The highest BCUT2D eigenvalue weighted by Crippen LogP contribution is 2.40. The van der Waals surface area contributed by atoms with Gasteiger partial charge in [0.1, 0.15) is 10.8 Å². The zero-order chi connectivity index (χ0) is 22.5. The first-order valence-corrected chi connectivity index (χ1v) is 11.8. The third-order valence-electron chi connectivity index (χ3n) is 5.58. The predicted molar refractivity (Wildman–Crippen MR) is 127 cm³/mol. The lowest BCUT2D eigenvalue weighted by Gasteiger charge is -2.18. The van der Waals surface area contributed by atoms with E-state index in [4.69, 9.17) is 9.47 Å². The van der Waals surface area contributed by atoms with Gasteiger partial charge in [0.15, 0.2) is 6.61 Å². The molecule has 3 aromatic rings. The van der Waals surface area contributed by atoms with Gasteiger partial charge in [-0.3, -0.25) is 4.79 Å². The smallest absolute Gasteiger partial charge is 0.341 e. The van der Waals surface area contributed by atoms with E-state index in [0.29, 0.717) is 28.8 Å². The second-order valence-corrected chi connectivity index (χ2v) is 9.11. The molecule has 1 amide bonds. The van der Waals surface area contributed by atoms with Gasteiger partial charge in [-0.2, -0.15) is 0 Å². The topological polar surface area (TPSA) is 64.6 Å². The van der Waals surface area contributed by atoms with E-state index in [-0.39, 0.29) is 18.5 Å². The molecule has 0 saturated heterocycles. The summed E-state index contributed by atoms with van der Waals surface area (Å²) in [6.07, 6.45) is 2.79. The van der Waals surface area contributed by atoms with Crippen molar-refractivity contribution in [3.05, 3.63) is 70.6 Å². The maximum atomic E-state index is 12.6. The van der Waals surface area contributed by atoms with Gasteiger partial charge < -0.3 is 14.8 Å². The molecule has 1 atom stereocenters. The lowest BCUT2D eigenvalue weighted by molar-refractivity contribution is -0.118. The third kappa shape index (κ3) is 5.02. The summed E-state index contributed by atoms with van der Waals surface area (Å²) in [6.45, 7) is 4.16. The summed E-state index contributed by atoms with van der Waals surface area (Å²) in [6, 6.07) is 17.7. The van der Waals surface area contributed by atoms with E-state index < -0.39 is 0 Å². The summed E-state index contributed by atoms with van der Waals surface area (Å²) in [4.78, 5) is 26.4. The van der Waals surface area contributed by atoms with E-state index in [1.54, 1.807) is 6.92 Å². The predicted octanol–water partition coefficient (Wildman–Crippen LogP) is 5.73. The number of benzene rings is 2. The van der Waals surface area contributed by atoms with Crippen LogP contribution < -0.4 is 10.1 Å². The summed E-state index contributed by atoms with van der Waals surface area (Å²) in [7, 11) is 0. The first-order valence-electron chi connectivity index (χ1n) is 10.9. The van der Waals surface area contributed by atoms with Crippen LogP contribution in [-0.4, -0.2) is 25.1 Å². The van der Waals surface area contributed by atoms with Crippen LogP contribution in [0.5, 0.6) is 5.75 Å². The molecule has 6 heteroatoms. The molecule has 1 unspecified atom stereocenters. The van der Waals surface area contributed by atoms with E-state index >= 15 is 0 Å². The molecule has 4 rings (SSSR count). The van der Waals surface area contributed by atoms with Gasteiger partial charge in [-0.05, 0) is 60.9 Å². The summed E-state index contributed by atoms with van der Waals surface area (Å²) in [5.41, 5.74) is 3.75. The molecule has 0 spiro atoms. The number of fused-ring (bicyclic) bond motifs is 1. The van der Waals surface area contributed by atoms with Crippen LogP contribution in [0.2, 0.25) is 0 Å². The number of anilines is 1. The average Bonchev–Trinajstić information content (AvgIpc) is 3.15. The molecule has 2 aromatic carbocycles. The highest BCUT2D eigenvalue weighted by atomic mass is 32.1. The number of hydrogen-bond donors (Lipinski definition) is 1. The van der Waals surface area contributed by atoms with Crippen LogP contribution in [0.1, 0.15) is 41.1 Å². The number of esters is 1. The summed E-state index contributed by atoms with van der Waals surface area (Å²) < 4.78 is 10.9. The Labute approximate surface area is 192 Å². The number of ether oxygens (including phenoxy) is 2. The molecule has 5 nitrogen and oxygen atoms in total. The third-order valence-corrected chi connectivity index (χ3v) is 6.75. The number of hydrogen-bond acceptors (Lipinski definition) is 5. The fraction of sp³-hybridized carbons (Fsp3) is 0.308. The van der Waals surface area contributed by atoms with Crippen molar-refractivity contribution >= 4 is 28.2 Å². The van der Waals surface area contributed by atoms with Gasteiger partial charge in [0.25, 0.3) is 5.91 Å². The fourth-order valence-electron chi connectivity index (χ4n) is 3.94. The van der Waals surface area contributed by atoms with Crippen molar-refractivity contribution in [1.82, 2.24) is 0 Å². The highest BCUT2D eigenvalue weighted by Gasteiger charge is 2.29. The van der Waals surface area contributed by atoms with Gasteiger partial charge in [-0.1, -0.05) is 49.4 Å². The number of thiophene rings is 1. The molecule has 1 N–H and O–H groups in total. The molecule has 1 aromatic heterocycles. The quantitative estimate of drug-likeness (QED) is 0.468. The minimum Gasteiger partial charge on any atom is -0.484 e. The van der Waals surface area contributed by atoms with E-state index in [2.05, 4.69) is 12.2 Å². The van der Waals surface area contributed by atoms with Gasteiger partial charge >= 0.3 is 5.97 Å². The van der Waals surface area contributed by atoms with E-state index in [0.717, 1.165) is 36.0 Å². The lowest BCUT2D eigenvalue weighted by Crippen LogP contribution is -2.21. The zero-order valence-corrected chi connectivity index (χ0v) is 19.2. The second-order valence-electron chi connectivity index (χ2n) is 8.00. The molecular weight excluding hydrogens is 422 g/mol. The van der Waals surface area contributed by atoms with Crippen LogP contribution in [0.4, 0.5) is 5.00 Å². The Morgan fingerprint density at radius 1 is 1.06 bits per heavy atom. The number of carbonyl (C=O) groups excluding carboxylic acids is 2. The molecule has 0 saturated carbocycles. The summed E-state index contributed by atoms with van der Waals surface area (Å²) >= 11 is 1.48. The van der Waals surface area contributed by atoms with Crippen LogP contribution in [0.3, 0.4) is 0 Å². The first-order chi connectivity index (χ1) is 15.5. The minimum absolute atomic E-state index is 0.133. The molecule has 0 radical (unpaired) electrons. The Hall–Kier alpha value is -3.12. The summed E-state index contributed by atoms with van der Waals surface area (Å²) in [5, 5.41) is 3.45. The van der Waals surface area contributed by atoms with Crippen LogP contribution in [0, 0.1) is 5.92 Å². The Morgan fingerprint density at radius 3 is 2.50 bits per heavy atom. The second kappa shape index (κ2) is 10.0. The number of amides is 1. The van der Waals surface area contributed by atoms with Gasteiger partial charge in [0.05, 0.1) is 12.2 Å². The molecule has 32 heavy (non-hydrogen) atoms. The SMILES string of the molecule is CCOC(=O)c1c(NC(=O)COc2ccc(-c3ccccc3)cc2)sc2c1CCC(C)C2.